The Bertz CT molecular complexity index is 355. The first-order valence-corrected chi connectivity index (χ1v) is 5.17. The fourth-order valence-electron chi connectivity index (χ4n) is 1.78. The summed E-state index contributed by atoms with van der Waals surface area (Å²) in [4.78, 5) is 11.4. The highest BCUT2D eigenvalue weighted by atomic mass is 16.7. The van der Waals surface area contributed by atoms with Crippen molar-refractivity contribution in [3.05, 3.63) is 35.9 Å². The summed E-state index contributed by atoms with van der Waals surface area (Å²) in [5.41, 5.74) is 0.845. The van der Waals surface area contributed by atoms with Crippen LogP contribution >= 0.6 is 0 Å². The molecular weight excluding hydrogens is 208 g/mol. The number of ether oxygens (including phenoxy) is 3. The monoisotopic (exact) mass is 222 g/mol. The Morgan fingerprint density at radius 2 is 1.94 bits per heavy atom. The van der Waals surface area contributed by atoms with E-state index in [9.17, 15) is 4.79 Å². The van der Waals surface area contributed by atoms with Crippen molar-refractivity contribution in [2.24, 2.45) is 0 Å². The van der Waals surface area contributed by atoms with E-state index in [-0.39, 0.29) is 12.4 Å². The fraction of sp³-hybridized carbons (Fsp3) is 0.417. The molecule has 0 N–H and O–H groups in total. The second-order valence-electron chi connectivity index (χ2n) is 3.57. The zero-order valence-corrected chi connectivity index (χ0v) is 9.14. The van der Waals surface area contributed by atoms with Gasteiger partial charge in [0.05, 0.1) is 20.3 Å². The zero-order chi connectivity index (χ0) is 11.4. The third-order valence-corrected chi connectivity index (χ3v) is 2.57. The number of methoxy groups -OCH3 is 1. The van der Waals surface area contributed by atoms with Gasteiger partial charge < -0.3 is 14.2 Å². The predicted octanol–water partition coefficient (Wildman–Crippen LogP) is 1.45. The van der Waals surface area contributed by atoms with Crippen molar-refractivity contribution < 1.29 is 19.0 Å². The Morgan fingerprint density at radius 3 is 2.50 bits per heavy atom. The first kappa shape index (κ1) is 11.1. The maximum atomic E-state index is 11.4. The normalized spacial score (nSPS) is 18.3. The molecular formula is C12H14O4. The van der Waals surface area contributed by atoms with Crippen molar-refractivity contribution in [1.29, 1.82) is 0 Å². The summed E-state index contributed by atoms with van der Waals surface area (Å²) in [5.74, 6) is -1.31. The first-order valence-electron chi connectivity index (χ1n) is 5.17. The van der Waals surface area contributed by atoms with Gasteiger partial charge in [0, 0.05) is 5.56 Å². The standard InChI is InChI=1S/C12H14O4/c1-14-11(13)9-12(15-7-8-16-12)10-5-3-2-4-6-10/h2-6H,7-9H2,1H3. The van der Waals surface area contributed by atoms with E-state index >= 15 is 0 Å². The Kier molecular flexibility index (Phi) is 3.22. The Hall–Kier alpha value is -1.39. The summed E-state index contributed by atoms with van der Waals surface area (Å²) in [7, 11) is 1.36. The van der Waals surface area contributed by atoms with E-state index in [0.717, 1.165) is 5.56 Å². The van der Waals surface area contributed by atoms with Crippen molar-refractivity contribution in [2.45, 2.75) is 12.2 Å². The van der Waals surface area contributed by atoms with E-state index in [2.05, 4.69) is 4.74 Å². The van der Waals surface area contributed by atoms with Gasteiger partial charge >= 0.3 is 5.97 Å². The van der Waals surface area contributed by atoms with Gasteiger partial charge in [0.2, 0.25) is 5.79 Å². The Labute approximate surface area is 94.1 Å². The molecule has 4 nitrogen and oxygen atoms in total. The molecule has 0 bridgehead atoms. The van der Waals surface area contributed by atoms with Gasteiger partial charge in [-0.2, -0.15) is 0 Å². The van der Waals surface area contributed by atoms with E-state index in [1.807, 2.05) is 30.3 Å². The number of hydrogen-bond acceptors (Lipinski definition) is 4. The van der Waals surface area contributed by atoms with E-state index < -0.39 is 5.79 Å². The summed E-state index contributed by atoms with van der Waals surface area (Å²) in [6.07, 6.45) is 0.0769. The highest BCUT2D eigenvalue weighted by molar-refractivity contribution is 5.70. The predicted molar refractivity (Wildman–Crippen MR) is 56.7 cm³/mol. The van der Waals surface area contributed by atoms with Crippen molar-refractivity contribution in [1.82, 2.24) is 0 Å². The number of esters is 1. The molecule has 0 aromatic heterocycles. The summed E-state index contributed by atoms with van der Waals surface area (Å²) in [5, 5.41) is 0. The smallest absolute Gasteiger partial charge is 0.311 e. The molecule has 1 aliphatic heterocycles. The summed E-state index contributed by atoms with van der Waals surface area (Å²) in [6.45, 7) is 0.984. The first-order chi connectivity index (χ1) is 7.77. The molecule has 4 heteroatoms. The molecule has 1 aromatic carbocycles. The second-order valence-corrected chi connectivity index (χ2v) is 3.57. The highest BCUT2D eigenvalue weighted by Gasteiger charge is 2.41. The topological polar surface area (TPSA) is 44.8 Å². The maximum absolute atomic E-state index is 11.4. The van der Waals surface area contributed by atoms with Crippen molar-refractivity contribution in [3.8, 4) is 0 Å². The molecule has 1 fully saturated rings. The summed E-state index contributed by atoms with van der Waals surface area (Å²) >= 11 is 0. The third kappa shape index (κ3) is 2.08. The molecule has 0 unspecified atom stereocenters. The van der Waals surface area contributed by atoms with Crippen LogP contribution in [0.3, 0.4) is 0 Å². The molecule has 86 valence electrons. The lowest BCUT2D eigenvalue weighted by atomic mass is 10.0. The van der Waals surface area contributed by atoms with Crippen molar-refractivity contribution in [2.75, 3.05) is 20.3 Å². The summed E-state index contributed by atoms with van der Waals surface area (Å²) in [6, 6.07) is 9.45. The van der Waals surface area contributed by atoms with Crippen molar-refractivity contribution >= 4 is 5.97 Å². The Morgan fingerprint density at radius 1 is 1.31 bits per heavy atom. The Balaban J connectivity index is 2.25. The summed E-state index contributed by atoms with van der Waals surface area (Å²) < 4.78 is 15.8. The molecule has 0 spiro atoms. The molecule has 0 atom stereocenters. The van der Waals surface area contributed by atoms with Crippen LogP contribution in [0.5, 0.6) is 0 Å². The molecule has 16 heavy (non-hydrogen) atoms. The average Bonchev–Trinajstić information content (AvgIpc) is 2.80. The van der Waals surface area contributed by atoms with Gasteiger partial charge in [-0.05, 0) is 0 Å². The number of hydrogen-bond donors (Lipinski definition) is 0. The van der Waals surface area contributed by atoms with Gasteiger partial charge in [0.15, 0.2) is 0 Å². The van der Waals surface area contributed by atoms with Crippen LogP contribution in [0.15, 0.2) is 30.3 Å². The van der Waals surface area contributed by atoms with E-state index in [1.165, 1.54) is 7.11 Å². The van der Waals surface area contributed by atoms with Crippen LogP contribution in [0.1, 0.15) is 12.0 Å². The lowest BCUT2D eigenvalue weighted by Crippen LogP contribution is -2.30. The molecule has 0 radical (unpaired) electrons. The van der Waals surface area contributed by atoms with Crippen LogP contribution in [-0.2, 0) is 24.8 Å². The highest BCUT2D eigenvalue weighted by Crippen LogP contribution is 2.34. The minimum atomic E-state index is -0.964. The average molecular weight is 222 g/mol. The van der Waals surface area contributed by atoms with Crippen LogP contribution in [0.2, 0.25) is 0 Å². The van der Waals surface area contributed by atoms with Gasteiger partial charge in [-0.25, -0.2) is 0 Å². The van der Waals surface area contributed by atoms with Crippen LogP contribution in [0.4, 0.5) is 0 Å². The number of benzene rings is 1. The molecule has 1 heterocycles. The van der Waals surface area contributed by atoms with Crippen LogP contribution < -0.4 is 0 Å². The fourth-order valence-corrected chi connectivity index (χ4v) is 1.78. The lowest BCUT2D eigenvalue weighted by molar-refractivity contribution is -0.186. The second kappa shape index (κ2) is 4.63. The van der Waals surface area contributed by atoms with Gasteiger partial charge in [0.25, 0.3) is 0 Å². The minimum absolute atomic E-state index is 0.0769. The van der Waals surface area contributed by atoms with Crippen molar-refractivity contribution in [3.63, 3.8) is 0 Å². The molecule has 1 aliphatic rings. The van der Waals surface area contributed by atoms with Gasteiger partial charge in [0.1, 0.15) is 6.42 Å². The van der Waals surface area contributed by atoms with Gasteiger partial charge in [-0.15, -0.1) is 0 Å². The zero-order valence-electron chi connectivity index (χ0n) is 9.14. The lowest BCUT2D eigenvalue weighted by Gasteiger charge is -2.26. The number of rotatable bonds is 3. The SMILES string of the molecule is COC(=O)CC1(c2ccccc2)OCCO1. The molecule has 2 rings (SSSR count). The minimum Gasteiger partial charge on any atom is -0.469 e. The number of carbonyl (C=O) groups is 1. The van der Waals surface area contributed by atoms with E-state index in [4.69, 9.17) is 9.47 Å². The molecule has 0 aliphatic carbocycles. The van der Waals surface area contributed by atoms with Gasteiger partial charge in [-0.1, -0.05) is 30.3 Å². The van der Waals surface area contributed by atoms with E-state index in [1.54, 1.807) is 0 Å². The molecule has 0 amide bonds. The van der Waals surface area contributed by atoms with Gasteiger partial charge in [-0.3, -0.25) is 4.79 Å². The quantitative estimate of drug-likeness (QED) is 0.726. The molecule has 1 saturated heterocycles. The molecule has 0 saturated carbocycles. The number of carbonyl (C=O) groups excluding carboxylic acids is 1. The largest absolute Gasteiger partial charge is 0.469 e. The van der Waals surface area contributed by atoms with Crippen LogP contribution in [0, 0.1) is 0 Å². The third-order valence-electron chi connectivity index (χ3n) is 2.57. The van der Waals surface area contributed by atoms with E-state index in [0.29, 0.717) is 13.2 Å². The molecule has 1 aromatic rings. The maximum Gasteiger partial charge on any atom is 0.311 e. The van der Waals surface area contributed by atoms with Crippen LogP contribution in [-0.4, -0.2) is 26.3 Å². The van der Waals surface area contributed by atoms with Crippen LogP contribution in [0.25, 0.3) is 0 Å².